The number of rotatable bonds is 2. The van der Waals surface area contributed by atoms with Crippen LogP contribution in [0.2, 0.25) is 0 Å². The Morgan fingerprint density at radius 2 is 2.21 bits per heavy atom. The molecule has 0 spiro atoms. The van der Waals surface area contributed by atoms with E-state index >= 15 is 0 Å². The number of nitrogen functional groups attached to an aromatic ring is 1. The number of nitrogens with zero attached hydrogens (tertiary/aromatic N) is 3. The Morgan fingerprint density at radius 3 is 3.00 bits per heavy atom. The van der Waals surface area contributed by atoms with Gasteiger partial charge in [-0.2, -0.15) is 5.10 Å². The van der Waals surface area contributed by atoms with Crippen LogP contribution >= 0.6 is 15.9 Å². The molecule has 5 nitrogen and oxygen atoms in total. The molecule has 0 fully saturated rings. The van der Waals surface area contributed by atoms with Crippen LogP contribution in [0.5, 0.6) is 0 Å². The zero-order valence-electron chi connectivity index (χ0n) is 10.5. The fourth-order valence-electron chi connectivity index (χ4n) is 2.43. The van der Waals surface area contributed by atoms with Crippen LogP contribution in [-0.2, 0) is 19.5 Å². The molecule has 2 N–H and O–H groups in total. The van der Waals surface area contributed by atoms with Crippen LogP contribution < -0.4 is 11.4 Å². The third-order valence-corrected chi connectivity index (χ3v) is 4.43. The van der Waals surface area contributed by atoms with Crippen LogP contribution in [-0.4, -0.2) is 14.3 Å². The Balaban J connectivity index is 1.98. The predicted molar refractivity (Wildman–Crippen MR) is 77.1 cm³/mol. The Hall–Kier alpha value is -1.56. The van der Waals surface area contributed by atoms with Crippen LogP contribution in [0.25, 0.3) is 0 Å². The van der Waals surface area contributed by atoms with Gasteiger partial charge < -0.3 is 5.73 Å². The molecule has 0 atom stereocenters. The van der Waals surface area contributed by atoms with Gasteiger partial charge in [-0.3, -0.25) is 4.57 Å². The number of hydrogen-bond acceptors (Lipinski definition) is 3. The van der Waals surface area contributed by atoms with Crippen LogP contribution in [0.1, 0.15) is 24.2 Å². The SMILES string of the molecule is Nc1cccc(Cn2nc3n(c2=O)CCCC3)c1Br. The molecule has 2 heterocycles. The number of benzene rings is 1. The van der Waals surface area contributed by atoms with Gasteiger partial charge in [0.05, 0.1) is 6.54 Å². The number of fused-ring (bicyclic) bond motifs is 1. The van der Waals surface area contributed by atoms with Crippen LogP contribution in [0.15, 0.2) is 27.5 Å². The maximum Gasteiger partial charge on any atom is 0.346 e. The van der Waals surface area contributed by atoms with Crippen molar-refractivity contribution in [1.82, 2.24) is 14.3 Å². The summed E-state index contributed by atoms with van der Waals surface area (Å²) in [5.74, 6) is 0.899. The maximum absolute atomic E-state index is 12.2. The minimum atomic E-state index is -0.0241. The standard InChI is InChI=1S/C13H15BrN4O/c14-12-9(4-3-5-10(12)15)8-18-13(19)17-7-2-1-6-11(17)16-18/h3-5H,1-2,6-8,15H2. The number of aromatic nitrogens is 3. The lowest BCUT2D eigenvalue weighted by Crippen LogP contribution is -2.27. The molecule has 0 radical (unpaired) electrons. The fraction of sp³-hybridized carbons (Fsp3) is 0.385. The van der Waals surface area contributed by atoms with Gasteiger partial charge >= 0.3 is 5.69 Å². The zero-order valence-corrected chi connectivity index (χ0v) is 12.1. The summed E-state index contributed by atoms with van der Waals surface area (Å²) in [6, 6.07) is 5.66. The van der Waals surface area contributed by atoms with Crippen molar-refractivity contribution < 1.29 is 0 Å². The van der Waals surface area contributed by atoms with E-state index in [-0.39, 0.29) is 5.69 Å². The predicted octanol–water partition coefficient (Wildman–Crippen LogP) is 1.77. The van der Waals surface area contributed by atoms with Gasteiger partial charge in [0.1, 0.15) is 5.82 Å². The van der Waals surface area contributed by atoms with Gasteiger partial charge in [-0.05, 0) is 40.4 Å². The van der Waals surface area contributed by atoms with Crippen LogP contribution in [0.4, 0.5) is 5.69 Å². The lowest BCUT2D eigenvalue weighted by atomic mass is 10.2. The van der Waals surface area contributed by atoms with Crippen LogP contribution in [0.3, 0.4) is 0 Å². The van der Waals surface area contributed by atoms with Gasteiger partial charge in [0.2, 0.25) is 0 Å². The highest BCUT2D eigenvalue weighted by Gasteiger charge is 2.17. The van der Waals surface area contributed by atoms with Crippen LogP contribution in [0, 0.1) is 0 Å². The quantitative estimate of drug-likeness (QED) is 0.857. The van der Waals surface area contributed by atoms with Gasteiger partial charge in [-0.15, -0.1) is 0 Å². The smallest absolute Gasteiger partial charge is 0.346 e. The second-order valence-corrected chi connectivity index (χ2v) is 5.58. The van der Waals surface area contributed by atoms with Gasteiger partial charge in [-0.25, -0.2) is 9.48 Å². The molecule has 3 rings (SSSR count). The maximum atomic E-state index is 12.2. The molecule has 6 heteroatoms. The number of nitrogens with two attached hydrogens (primary N) is 1. The molecule has 0 saturated heterocycles. The number of anilines is 1. The first-order valence-electron chi connectivity index (χ1n) is 6.36. The molecule has 0 saturated carbocycles. The lowest BCUT2D eigenvalue weighted by Gasteiger charge is -2.09. The minimum Gasteiger partial charge on any atom is -0.398 e. The fourth-order valence-corrected chi connectivity index (χ4v) is 2.82. The topological polar surface area (TPSA) is 65.8 Å². The second-order valence-electron chi connectivity index (χ2n) is 4.79. The Morgan fingerprint density at radius 1 is 1.37 bits per heavy atom. The average molecular weight is 323 g/mol. The Bertz CT molecular complexity index is 674. The molecule has 0 unspecified atom stereocenters. The lowest BCUT2D eigenvalue weighted by molar-refractivity contribution is 0.511. The Kier molecular flexibility index (Phi) is 3.18. The summed E-state index contributed by atoms with van der Waals surface area (Å²) in [5.41, 5.74) is 7.47. The molecule has 0 aliphatic carbocycles. The summed E-state index contributed by atoms with van der Waals surface area (Å²) in [4.78, 5) is 12.2. The highest BCUT2D eigenvalue weighted by molar-refractivity contribution is 9.10. The summed E-state index contributed by atoms with van der Waals surface area (Å²) in [7, 11) is 0. The molecular weight excluding hydrogens is 308 g/mol. The first kappa shape index (κ1) is 12.5. The summed E-state index contributed by atoms with van der Waals surface area (Å²) >= 11 is 3.46. The van der Waals surface area contributed by atoms with E-state index in [4.69, 9.17) is 5.73 Å². The normalized spacial score (nSPS) is 14.4. The number of hydrogen-bond donors (Lipinski definition) is 1. The molecule has 2 aromatic rings. The highest BCUT2D eigenvalue weighted by atomic mass is 79.9. The summed E-state index contributed by atoms with van der Waals surface area (Å²) in [5, 5.41) is 4.42. The summed E-state index contributed by atoms with van der Waals surface area (Å²) in [6.07, 6.45) is 3.05. The minimum absolute atomic E-state index is 0.0241. The third kappa shape index (κ3) is 2.20. The Labute approximate surface area is 119 Å². The van der Waals surface area contributed by atoms with E-state index in [1.165, 1.54) is 4.68 Å². The van der Waals surface area contributed by atoms with E-state index in [9.17, 15) is 4.79 Å². The second kappa shape index (κ2) is 4.85. The number of aryl methyl sites for hydroxylation is 1. The van der Waals surface area contributed by atoms with Crippen molar-refractivity contribution >= 4 is 21.6 Å². The van der Waals surface area contributed by atoms with E-state index in [1.54, 1.807) is 4.57 Å². The molecule has 100 valence electrons. The van der Waals surface area contributed by atoms with E-state index in [0.717, 1.165) is 41.7 Å². The van der Waals surface area contributed by atoms with Crippen molar-refractivity contribution in [3.05, 3.63) is 44.5 Å². The van der Waals surface area contributed by atoms with Crippen molar-refractivity contribution in [2.75, 3.05) is 5.73 Å². The van der Waals surface area contributed by atoms with Gasteiger partial charge in [-0.1, -0.05) is 12.1 Å². The zero-order chi connectivity index (χ0) is 13.4. The van der Waals surface area contributed by atoms with Crippen molar-refractivity contribution in [1.29, 1.82) is 0 Å². The molecule has 1 aromatic carbocycles. The van der Waals surface area contributed by atoms with E-state index in [1.807, 2.05) is 18.2 Å². The molecule has 0 amide bonds. The van der Waals surface area contributed by atoms with E-state index in [0.29, 0.717) is 12.2 Å². The molecular formula is C13H15BrN4O. The van der Waals surface area contributed by atoms with E-state index < -0.39 is 0 Å². The monoisotopic (exact) mass is 322 g/mol. The largest absolute Gasteiger partial charge is 0.398 e. The van der Waals surface area contributed by atoms with Gasteiger partial charge in [0.25, 0.3) is 0 Å². The average Bonchev–Trinajstić information content (AvgIpc) is 2.73. The van der Waals surface area contributed by atoms with Gasteiger partial charge in [0.15, 0.2) is 0 Å². The van der Waals surface area contributed by atoms with Crippen molar-refractivity contribution in [2.45, 2.75) is 32.4 Å². The molecule has 1 aromatic heterocycles. The van der Waals surface area contributed by atoms with Crippen molar-refractivity contribution in [3.8, 4) is 0 Å². The molecule has 0 bridgehead atoms. The van der Waals surface area contributed by atoms with Gasteiger partial charge in [0, 0.05) is 23.1 Å². The van der Waals surface area contributed by atoms with Crippen molar-refractivity contribution in [2.24, 2.45) is 0 Å². The third-order valence-electron chi connectivity index (χ3n) is 3.46. The summed E-state index contributed by atoms with van der Waals surface area (Å²) < 4.78 is 4.15. The highest BCUT2D eigenvalue weighted by Crippen LogP contribution is 2.24. The molecule has 1 aliphatic rings. The summed E-state index contributed by atoms with van der Waals surface area (Å²) in [6.45, 7) is 1.23. The first-order valence-corrected chi connectivity index (χ1v) is 7.15. The van der Waals surface area contributed by atoms with Crippen molar-refractivity contribution in [3.63, 3.8) is 0 Å². The first-order chi connectivity index (χ1) is 9.16. The number of halogens is 1. The molecule has 19 heavy (non-hydrogen) atoms. The molecule has 1 aliphatic heterocycles. The van der Waals surface area contributed by atoms with E-state index in [2.05, 4.69) is 21.0 Å².